The number of pyridine rings is 1. The van der Waals surface area contributed by atoms with E-state index in [2.05, 4.69) is 25.6 Å². The van der Waals surface area contributed by atoms with Crippen molar-refractivity contribution >= 4 is 34.3 Å². The first-order valence-corrected chi connectivity index (χ1v) is 11.1. The van der Waals surface area contributed by atoms with Gasteiger partial charge in [-0.2, -0.15) is 15.3 Å². The van der Waals surface area contributed by atoms with Crippen LogP contribution in [-0.4, -0.2) is 59.9 Å². The van der Waals surface area contributed by atoms with Gasteiger partial charge in [-0.25, -0.2) is 4.39 Å². The molecule has 4 aromatic rings. The normalized spacial score (nSPS) is 17.3. The van der Waals surface area contributed by atoms with Crippen LogP contribution in [0.5, 0.6) is 0 Å². The van der Waals surface area contributed by atoms with E-state index in [1.807, 2.05) is 0 Å². The summed E-state index contributed by atoms with van der Waals surface area (Å²) in [5.41, 5.74) is 7.82. The topological polar surface area (TPSA) is 149 Å². The van der Waals surface area contributed by atoms with Crippen molar-refractivity contribution in [1.82, 2.24) is 29.9 Å². The molecule has 0 saturated carbocycles. The molecule has 0 bridgehead atoms. The van der Waals surface area contributed by atoms with Gasteiger partial charge in [0.05, 0.1) is 29.8 Å². The van der Waals surface area contributed by atoms with Gasteiger partial charge in [0, 0.05) is 30.1 Å². The van der Waals surface area contributed by atoms with E-state index in [1.54, 1.807) is 48.8 Å². The lowest BCUT2D eigenvalue weighted by Gasteiger charge is -2.30. The minimum absolute atomic E-state index is 0.0241. The van der Waals surface area contributed by atoms with Crippen molar-refractivity contribution in [3.8, 4) is 11.1 Å². The lowest BCUT2D eigenvalue weighted by atomic mass is 10.0. The van der Waals surface area contributed by atoms with Crippen molar-refractivity contribution in [2.24, 2.45) is 5.73 Å². The zero-order chi connectivity index (χ0) is 25.3. The monoisotopic (exact) mass is 488 g/mol. The minimum atomic E-state index is -2.52. The minimum Gasteiger partial charge on any atom is -0.364 e. The molecule has 1 aromatic carbocycles. The highest BCUT2D eigenvalue weighted by atomic mass is 19.1. The van der Waals surface area contributed by atoms with Crippen LogP contribution in [0.3, 0.4) is 0 Å². The van der Waals surface area contributed by atoms with Gasteiger partial charge in [0.2, 0.25) is 5.91 Å². The first-order chi connectivity index (χ1) is 17.4. The Kier molecular flexibility index (Phi) is 5.84. The lowest BCUT2D eigenvalue weighted by Crippen LogP contribution is -2.53. The number of fused-ring (bicyclic) bond motifs is 1. The highest BCUT2D eigenvalue weighted by molar-refractivity contribution is 6.05. The molecule has 0 aliphatic carbocycles. The quantitative estimate of drug-likeness (QED) is 0.394. The molecule has 3 aromatic heterocycles. The molecule has 3 amide bonds. The summed E-state index contributed by atoms with van der Waals surface area (Å²) >= 11 is 0. The molecule has 1 atom stereocenters. The van der Waals surface area contributed by atoms with E-state index in [0.29, 0.717) is 23.0 Å². The molecule has 4 heterocycles. The molecule has 0 radical (unpaired) electrons. The number of aromatic nitrogens is 5. The van der Waals surface area contributed by atoms with E-state index in [4.69, 9.17) is 5.73 Å². The number of primary amides is 1. The van der Waals surface area contributed by atoms with Crippen molar-refractivity contribution in [3.05, 3.63) is 66.9 Å². The largest absolute Gasteiger partial charge is 0.364 e. The van der Waals surface area contributed by atoms with E-state index in [-0.39, 0.29) is 25.2 Å². The summed E-state index contributed by atoms with van der Waals surface area (Å²) in [6, 6.07) is 10.1. The fourth-order valence-corrected chi connectivity index (χ4v) is 4.34. The number of nitrogens with two attached hydrogens (primary N) is 1. The van der Waals surface area contributed by atoms with Gasteiger partial charge in [0.1, 0.15) is 6.54 Å². The molecule has 1 aliphatic rings. The molecular weight excluding hydrogens is 467 g/mol. The number of benzene rings is 1. The summed E-state index contributed by atoms with van der Waals surface area (Å²) in [7, 11) is 0. The number of anilines is 1. The number of rotatable bonds is 6. The maximum absolute atomic E-state index is 15.9. The maximum Gasteiger partial charge on any atom is 0.283 e. The summed E-state index contributed by atoms with van der Waals surface area (Å²) in [4.78, 5) is 42.9. The van der Waals surface area contributed by atoms with E-state index < -0.39 is 23.5 Å². The van der Waals surface area contributed by atoms with Gasteiger partial charge in [-0.15, -0.1) is 0 Å². The molecule has 0 spiro atoms. The molecule has 1 saturated heterocycles. The number of nitrogens with zero attached hydrogens (tertiary/aromatic N) is 6. The Morgan fingerprint density at radius 2 is 1.94 bits per heavy atom. The van der Waals surface area contributed by atoms with Crippen molar-refractivity contribution in [2.75, 3.05) is 11.9 Å². The van der Waals surface area contributed by atoms with Gasteiger partial charge in [-0.05, 0) is 42.3 Å². The van der Waals surface area contributed by atoms with Gasteiger partial charge in [0.25, 0.3) is 17.6 Å². The Morgan fingerprint density at radius 1 is 1.08 bits per heavy atom. The van der Waals surface area contributed by atoms with Crippen molar-refractivity contribution in [1.29, 1.82) is 0 Å². The summed E-state index contributed by atoms with van der Waals surface area (Å²) in [6.07, 6.45) is 6.21. The smallest absolute Gasteiger partial charge is 0.283 e. The fourth-order valence-electron chi connectivity index (χ4n) is 4.34. The predicted molar refractivity (Wildman–Crippen MR) is 127 cm³/mol. The van der Waals surface area contributed by atoms with Crippen LogP contribution in [0.1, 0.15) is 23.3 Å². The second-order valence-corrected chi connectivity index (χ2v) is 8.34. The molecule has 1 aliphatic heterocycles. The standard InChI is InChI=1S/C24H21FN8O3/c25-24(23(36)30-17-3-1-8-27-13-17)7-2-10-32(24)20(34)14-33-19-5-4-15(16-6-9-28-29-12-16)11-18(19)21(31-33)22(26)35/h1,3-6,8-9,11-13H,2,7,10,14H2,(H2,26,35)(H,30,36)/t24-/m1/s1. The van der Waals surface area contributed by atoms with Crippen LogP contribution in [0.15, 0.2) is 61.2 Å². The summed E-state index contributed by atoms with van der Waals surface area (Å²) in [6.45, 7) is -0.317. The molecule has 182 valence electrons. The van der Waals surface area contributed by atoms with Crippen LogP contribution in [0.25, 0.3) is 22.0 Å². The first kappa shape index (κ1) is 23.0. The third kappa shape index (κ3) is 4.13. The van der Waals surface area contributed by atoms with E-state index in [9.17, 15) is 14.4 Å². The third-order valence-corrected chi connectivity index (χ3v) is 6.07. The Hall–Kier alpha value is -4.74. The third-order valence-electron chi connectivity index (χ3n) is 6.07. The second kappa shape index (κ2) is 9.13. The summed E-state index contributed by atoms with van der Waals surface area (Å²) < 4.78 is 17.2. The number of nitrogens with one attached hydrogen (secondary N) is 1. The Bertz CT molecular complexity index is 1460. The molecule has 36 heavy (non-hydrogen) atoms. The number of alkyl halides is 1. The predicted octanol–water partition coefficient (Wildman–Crippen LogP) is 1.91. The highest BCUT2D eigenvalue weighted by Crippen LogP contribution is 2.33. The number of likely N-dealkylation sites (tertiary alicyclic amines) is 1. The van der Waals surface area contributed by atoms with Gasteiger partial charge in [-0.1, -0.05) is 6.07 Å². The fraction of sp³-hybridized carbons (Fsp3) is 0.208. The van der Waals surface area contributed by atoms with Gasteiger partial charge >= 0.3 is 0 Å². The summed E-state index contributed by atoms with van der Waals surface area (Å²) in [5.74, 6) is -4.89. The number of halogens is 1. The van der Waals surface area contributed by atoms with Crippen LogP contribution in [0.2, 0.25) is 0 Å². The van der Waals surface area contributed by atoms with Crippen LogP contribution in [0, 0.1) is 0 Å². The number of carbonyl (C=O) groups is 3. The molecule has 3 N–H and O–H groups in total. The zero-order valence-electron chi connectivity index (χ0n) is 19.0. The molecule has 12 heteroatoms. The van der Waals surface area contributed by atoms with E-state index >= 15 is 4.39 Å². The highest BCUT2D eigenvalue weighted by Gasteiger charge is 2.50. The molecule has 5 rings (SSSR count). The Morgan fingerprint density at radius 3 is 2.67 bits per heavy atom. The molecular formula is C24H21FN8O3. The Labute approximate surface area is 204 Å². The number of amides is 3. The van der Waals surface area contributed by atoms with Crippen molar-refractivity contribution < 1.29 is 18.8 Å². The lowest BCUT2D eigenvalue weighted by molar-refractivity contribution is -0.153. The van der Waals surface area contributed by atoms with Crippen LogP contribution >= 0.6 is 0 Å². The molecule has 11 nitrogen and oxygen atoms in total. The second-order valence-electron chi connectivity index (χ2n) is 8.34. The number of carbonyl (C=O) groups excluding carboxylic acids is 3. The number of hydrogen-bond acceptors (Lipinski definition) is 7. The zero-order valence-corrected chi connectivity index (χ0v) is 19.0. The number of hydrogen-bond donors (Lipinski definition) is 2. The SMILES string of the molecule is NC(=O)c1nn(CC(=O)N2CCC[C@]2(F)C(=O)Nc2cccnc2)c2ccc(-c3ccnnc3)cc12. The van der Waals surface area contributed by atoms with Gasteiger partial charge in [0.15, 0.2) is 5.69 Å². The summed E-state index contributed by atoms with van der Waals surface area (Å²) in [5, 5.41) is 14.8. The average Bonchev–Trinajstić information content (AvgIpc) is 3.46. The molecule has 1 fully saturated rings. The first-order valence-electron chi connectivity index (χ1n) is 11.1. The van der Waals surface area contributed by atoms with E-state index in [0.717, 1.165) is 16.0 Å². The maximum atomic E-state index is 15.9. The van der Waals surface area contributed by atoms with Crippen LogP contribution in [0.4, 0.5) is 10.1 Å². The van der Waals surface area contributed by atoms with Crippen molar-refractivity contribution in [2.45, 2.75) is 25.2 Å². The van der Waals surface area contributed by atoms with Gasteiger partial charge < -0.3 is 16.0 Å². The van der Waals surface area contributed by atoms with Gasteiger partial charge in [-0.3, -0.25) is 24.0 Å². The molecule has 0 unspecified atom stereocenters. The van der Waals surface area contributed by atoms with Crippen LogP contribution in [-0.2, 0) is 16.1 Å². The Balaban J connectivity index is 1.43. The van der Waals surface area contributed by atoms with Crippen molar-refractivity contribution in [3.63, 3.8) is 0 Å². The van der Waals surface area contributed by atoms with E-state index in [1.165, 1.54) is 17.1 Å². The van der Waals surface area contributed by atoms with Crippen LogP contribution < -0.4 is 11.1 Å². The average molecular weight is 488 g/mol.